The minimum Gasteiger partial charge on any atom is -0.410 e. The van der Waals surface area contributed by atoms with Crippen molar-refractivity contribution in [2.24, 2.45) is 5.41 Å². The molecule has 242 valence electrons. The van der Waals surface area contributed by atoms with Gasteiger partial charge in [0, 0.05) is 0 Å². The smallest absolute Gasteiger partial charge is 0.410 e. The number of nitrogens with two attached hydrogens (primary N) is 1. The Bertz CT molecular complexity index is 1500. The van der Waals surface area contributed by atoms with Gasteiger partial charge in [-0.25, -0.2) is 9.55 Å². The van der Waals surface area contributed by atoms with Gasteiger partial charge in [0.1, 0.15) is 11.6 Å². The molecule has 3 unspecified atom stereocenters. The summed E-state index contributed by atoms with van der Waals surface area (Å²) in [5, 5.41) is -0.0729. The van der Waals surface area contributed by atoms with E-state index < -0.39 is 33.8 Å². The monoisotopic (exact) mass is 667 g/mol. The van der Waals surface area contributed by atoms with Crippen molar-refractivity contribution in [1.29, 1.82) is 0 Å². The number of benzene rings is 1. The Balaban J connectivity index is 1.53. The van der Waals surface area contributed by atoms with Crippen molar-refractivity contribution < 1.29 is 32.0 Å². The Morgan fingerprint density at radius 1 is 1.11 bits per heavy atom. The number of rotatable bonds is 14. The first-order valence-electron chi connectivity index (χ1n) is 14.9. The van der Waals surface area contributed by atoms with Crippen molar-refractivity contribution in [1.82, 2.24) is 19.5 Å². The minimum atomic E-state index is -3.79. The Morgan fingerprint density at radius 2 is 1.80 bits per heavy atom. The van der Waals surface area contributed by atoms with Crippen LogP contribution in [0.1, 0.15) is 46.2 Å². The minimum absolute atomic E-state index is 0.0285. The predicted molar refractivity (Wildman–Crippen MR) is 170 cm³/mol. The van der Waals surface area contributed by atoms with E-state index in [-0.39, 0.29) is 48.1 Å². The molecule has 2 aliphatic rings. The maximum atomic E-state index is 13.3. The summed E-state index contributed by atoms with van der Waals surface area (Å²) in [5.74, 6) is 0.197. The van der Waals surface area contributed by atoms with E-state index in [9.17, 15) is 4.57 Å². The van der Waals surface area contributed by atoms with Gasteiger partial charge in [-0.15, -0.1) is 0 Å². The fourth-order valence-electron chi connectivity index (χ4n) is 5.63. The molecule has 1 aliphatic heterocycles. The van der Waals surface area contributed by atoms with E-state index in [0.717, 1.165) is 5.56 Å². The second kappa shape index (κ2) is 12.7. The number of nitrogens with zero attached hydrogens (tertiary/aromatic N) is 4. The van der Waals surface area contributed by atoms with E-state index >= 15 is 0 Å². The molecule has 15 heteroatoms. The summed E-state index contributed by atoms with van der Waals surface area (Å²) in [4.78, 5) is 13.0. The summed E-state index contributed by atoms with van der Waals surface area (Å²) in [6.07, 6.45) is 0.272. The zero-order chi connectivity index (χ0) is 31.9. The van der Waals surface area contributed by atoms with E-state index in [4.69, 9.17) is 44.8 Å². The third-order valence-corrected chi connectivity index (χ3v) is 15.1. The molecule has 2 aromatic heterocycles. The van der Waals surface area contributed by atoms with E-state index in [1.54, 1.807) is 20.2 Å². The Kier molecular flexibility index (Phi) is 9.64. The van der Waals surface area contributed by atoms with Gasteiger partial charge in [0.15, 0.2) is 19.8 Å². The number of phosphoric acid groups is 1. The first-order chi connectivity index (χ1) is 20.8. The lowest BCUT2D eigenvalue weighted by atomic mass is 9.96. The quantitative estimate of drug-likeness (QED) is 0.120. The zero-order valence-electron chi connectivity index (χ0n) is 26.4. The lowest BCUT2D eigenvalue weighted by Crippen LogP contribution is -2.51. The maximum absolute atomic E-state index is 13.3. The first kappa shape index (κ1) is 33.4. The SMILES string of the molecule is CCOP(=O)(OCC)OC[C@H]1O[C@H]2C(n3cnc4c(N)nc(Cl)nc43)C2(COCc2ccccc2)C1O[Si](C)(C)C(C)(C)C. The van der Waals surface area contributed by atoms with E-state index in [1.165, 1.54) is 0 Å². The molecular formula is C29H43ClN5O7PSi. The first-order valence-corrected chi connectivity index (χ1v) is 19.6. The van der Waals surface area contributed by atoms with Gasteiger partial charge in [-0.2, -0.15) is 9.97 Å². The largest absolute Gasteiger partial charge is 0.474 e. The lowest BCUT2D eigenvalue weighted by Gasteiger charge is -2.42. The highest BCUT2D eigenvalue weighted by atomic mass is 35.5. The summed E-state index contributed by atoms with van der Waals surface area (Å²) in [7, 11) is -6.18. The molecule has 44 heavy (non-hydrogen) atoms. The molecule has 2 fully saturated rings. The fraction of sp³-hybridized carbons (Fsp3) is 0.621. The van der Waals surface area contributed by atoms with Crippen LogP contribution in [0.2, 0.25) is 23.4 Å². The number of imidazole rings is 1. The van der Waals surface area contributed by atoms with Crippen LogP contribution in [0.25, 0.3) is 11.2 Å². The summed E-state index contributed by atoms with van der Waals surface area (Å²) in [6, 6.07) is 9.72. The number of aromatic nitrogens is 4. The number of anilines is 1. The summed E-state index contributed by atoms with van der Waals surface area (Å²) < 4.78 is 52.1. The van der Waals surface area contributed by atoms with Gasteiger partial charge < -0.3 is 24.2 Å². The number of hydrogen-bond acceptors (Lipinski definition) is 11. The Hall–Kier alpha value is -1.93. The van der Waals surface area contributed by atoms with Crippen LogP contribution >= 0.6 is 19.4 Å². The molecule has 0 spiro atoms. The van der Waals surface area contributed by atoms with Crippen molar-refractivity contribution in [2.75, 3.05) is 32.2 Å². The van der Waals surface area contributed by atoms with Crippen LogP contribution in [0.3, 0.4) is 0 Å². The highest BCUT2D eigenvalue weighted by molar-refractivity contribution is 7.48. The van der Waals surface area contributed by atoms with Crippen LogP contribution in [0.15, 0.2) is 36.7 Å². The maximum Gasteiger partial charge on any atom is 0.474 e. The normalized spacial score (nSPS) is 25.5. The number of ether oxygens (including phenoxy) is 2. The lowest BCUT2D eigenvalue weighted by molar-refractivity contribution is -0.0502. The fourth-order valence-corrected chi connectivity index (χ4v) is 8.34. The molecule has 1 aliphatic carbocycles. The van der Waals surface area contributed by atoms with E-state index in [0.29, 0.717) is 24.4 Å². The predicted octanol–water partition coefficient (Wildman–Crippen LogP) is 6.18. The molecule has 2 N–H and O–H groups in total. The number of hydrogen-bond donors (Lipinski definition) is 1. The molecule has 1 saturated heterocycles. The van der Waals surface area contributed by atoms with Crippen molar-refractivity contribution in [2.45, 2.75) is 83.7 Å². The average Bonchev–Trinajstić information content (AvgIpc) is 3.19. The molecule has 3 heterocycles. The van der Waals surface area contributed by atoms with Gasteiger partial charge in [0.25, 0.3) is 0 Å². The molecule has 0 amide bonds. The number of nitrogen functional groups attached to an aromatic ring is 1. The van der Waals surface area contributed by atoms with Crippen molar-refractivity contribution >= 4 is 44.7 Å². The zero-order valence-corrected chi connectivity index (χ0v) is 29.0. The molecule has 5 atom stereocenters. The van der Waals surface area contributed by atoms with Gasteiger partial charge in [0.2, 0.25) is 5.28 Å². The van der Waals surface area contributed by atoms with Crippen LogP contribution in [0.5, 0.6) is 0 Å². The van der Waals surface area contributed by atoms with Gasteiger partial charge in [-0.3, -0.25) is 13.6 Å². The molecule has 3 aromatic rings. The Labute approximate surface area is 264 Å². The number of fused-ring (bicyclic) bond motifs is 2. The van der Waals surface area contributed by atoms with Crippen LogP contribution in [-0.2, 0) is 38.6 Å². The number of phosphoric ester groups is 1. The molecule has 1 saturated carbocycles. The molecule has 1 aromatic carbocycles. The van der Waals surface area contributed by atoms with E-state index in [2.05, 4.69) is 48.8 Å². The van der Waals surface area contributed by atoms with Crippen LogP contribution in [0, 0.1) is 5.41 Å². The van der Waals surface area contributed by atoms with Crippen molar-refractivity contribution in [3.63, 3.8) is 0 Å². The van der Waals surface area contributed by atoms with E-state index in [1.807, 2.05) is 34.9 Å². The molecular weight excluding hydrogens is 625 g/mol. The van der Waals surface area contributed by atoms with Gasteiger partial charge in [-0.05, 0) is 49.1 Å². The van der Waals surface area contributed by atoms with Crippen LogP contribution < -0.4 is 5.73 Å². The second-order valence-electron chi connectivity index (χ2n) is 12.7. The van der Waals surface area contributed by atoms with Crippen LogP contribution in [-0.4, -0.2) is 72.6 Å². The standard InChI is InChI=1S/C29H43ClN5O7PSi/c1-8-38-43(36,39-9-2)40-16-20-23(42-44(6,7)28(3,4)5)29(17-37-15-19-13-11-10-12-14-19)22(24(29)41-20)35-18-32-21-25(31)33-27(30)34-26(21)35/h10-14,18,20,22-24H,8-9,15-17H2,1-7H3,(H2,31,33,34)/t20-,22?,23?,24+,29?/m1/s1. The highest BCUT2D eigenvalue weighted by Crippen LogP contribution is 2.68. The van der Waals surface area contributed by atoms with Crippen molar-refractivity contribution in [3.8, 4) is 0 Å². The third kappa shape index (κ3) is 6.36. The van der Waals surface area contributed by atoms with Gasteiger partial charge in [0.05, 0.1) is 63.0 Å². The summed E-state index contributed by atoms with van der Waals surface area (Å²) in [6.45, 7) is 15.4. The number of halogens is 1. The van der Waals surface area contributed by atoms with Crippen LogP contribution in [0.4, 0.5) is 5.82 Å². The Morgan fingerprint density at radius 3 is 2.43 bits per heavy atom. The van der Waals surface area contributed by atoms with Gasteiger partial charge >= 0.3 is 7.82 Å². The molecule has 12 nitrogen and oxygen atoms in total. The third-order valence-electron chi connectivity index (χ3n) is 8.83. The molecule has 0 radical (unpaired) electrons. The summed E-state index contributed by atoms with van der Waals surface area (Å²) >= 11 is 6.22. The second-order valence-corrected chi connectivity index (χ2v) is 19.5. The highest BCUT2D eigenvalue weighted by Gasteiger charge is 2.78. The molecule has 0 bridgehead atoms. The summed E-state index contributed by atoms with van der Waals surface area (Å²) in [5.41, 5.74) is 7.49. The van der Waals surface area contributed by atoms with Gasteiger partial charge in [-0.1, -0.05) is 51.1 Å². The molecule has 5 rings (SSSR count). The van der Waals surface area contributed by atoms with Crippen molar-refractivity contribution in [3.05, 3.63) is 47.5 Å². The topological polar surface area (TPSA) is 142 Å². The average molecular weight is 668 g/mol.